The molecular weight excluding hydrogens is 586 g/mol. The number of hydrogen-bond acceptors (Lipinski definition) is 10. The SMILES string of the molecule is CC[C@@]1(OC(=O)C(CC(=O)OC(C)(C)C)NC(=O)CCC(=O)O)C(=O)OCc2c1cc1n(c2=O)Cc2cc3ccccc3nc2-1. The number of aromatic nitrogens is 2. The highest BCUT2D eigenvalue weighted by atomic mass is 16.6. The number of para-hydroxylation sites is 1. The van der Waals surface area contributed by atoms with E-state index in [1.54, 1.807) is 33.8 Å². The maximum Gasteiger partial charge on any atom is 0.355 e. The van der Waals surface area contributed by atoms with Gasteiger partial charge in [-0.2, -0.15) is 0 Å². The second kappa shape index (κ2) is 11.8. The molecule has 2 aliphatic rings. The fourth-order valence-electron chi connectivity index (χ4n) is 5.56. The molecule has 5 rings (SSSR count). The molecule has 3 aromatic rings. The van der Waals surface area contributed by atoms with Crippen LogP contribution in [0.3, 0.4) is 0 Å². The van der Waals surface area contributed by atoms with Crippen LogP contribution in [0.4, 0.5) is 0 Å². The monoisotopic (exact) mass is 619 g/mol. The summed E-state index contributed by atoms with van der Waals surface area (Å²) in [6.45, 7) is 6.35. The van der Waals surface area contributed by atoms with Crippen molar-refractivity contribution in [2.75, 3.05) is 0 Å². The Hall–Kier alpha value is -5.07. The van der Waals surface area contributed by atoms with Gasteiger partial charge in [0.1, 0.15) is 18.2 Å². The number of nitrogens with one attached hydrogen (secondary N) is 1. The first-order valence-electron chi connectivity index (χ1n) is 14.5. The molecule has 1 unspecified atom stereocenters. The Balaban J connectivity index is 1.53. The van der Waals surface area contributed by atoms with Crippen molar-refractivity contribution in [1.82, 2.24) is 14.9 Å². The van der Waals surface area contributed by atoms with E-state index < -0.39 is 71.9 Å². The molecule has 0 fully saturated rings. The first kappa shape index (κ1) is 31.4. The number of amides is 1. The lowest BCUT2D eigenvalue weighted by atomic mass is 9.85. The fourth-order valence-corrected chi connectivity index (χ4v) is 5.56. The van der Waals surface area contributed by atoms with Crippen molar-refractivity contribution in [3.8, 4) is 11.4 Å². The smallest absolute Gasteiger partial charge is 0.355 e. The van der Waals surface area contributed by atoms with Gasteiger partial charge < -0.3 is 29.2 Å². The number of carboxylic acids is 1. The van der Waals surface area contributed by atoms with Gasteiger partial charge in [0.2, 0.25) is 11.5 Å². The maximum atomic E-state index is 13.8. The van der Waals surface area contributed by atoms with E-state index in [1.165, 1.54) is 4.57 Å². The van der Waals surface area contributed by atoms with Gasteiger partial charge in [-0.3, -0.25) is 19.2 Å². The number of rotatable bonds is 9. The van der Waals surface area contributed by atoms with Crippen LogP contribution in [0.1, 0.15) is 70.1 Å². The van der Waals surface area contributed by atoms with Gasteiger partial charge in [0, 0.05) is 22.9 Å². The molecule has 4 heterocycles. The number of aliphatic carboxylic acids is 1. The molecule has 2 aliphatic heterocycles. The fraction of sp³-hybridized carbons (Fsp3) is 0.406. The van der Waals surface area contributed by atoms with E-state index in [-0.39, 0.29) is 30.7 Å². The number of pyridine rings is 2. The number of ether oxygens (including phenoxy) is 3. The summed E-state index contributed by atoms with van der Waals surface area (Å²) in [5.74, 6) is -4.99. The number of nitrogens with zero attached hydrogens (tertiary/aromatic N) is 2. The molecule has 13 heteroatoms. The van der Waals surface area contributed by atoms with Gasteiger partial charge in [0.05, 0.1) is 41.9 Å². The van der Waals surface area contributed by atoms with Crippen molar-refractivity contribution in [2.24, 2.45) is 0 Å². The lowest BCUT2D eigenvalue weighted by Gasteiger charge is -2.36. The van der Waals surface area contributed by atoms with Crippen LogP contribution >= 0.6 is 0 Å². The highest BCUT2D eigenvalue weighted by Crippen LogP contribution is 2.41. The number of esters is 3. The Morgan fingerprint density at radius 1 is 1.13 bits per heavy atom. The summed E-state index contributed by atoms with van der Waals surface area (Å²) in [6, 6.07) is 9.43. The highest BCUT2D eigenvalue weighted by Gasteiger charge is 2.51. The summed E-state index contributed by atoms with van der Waals surface area (Å²) < 4.78 is 18.1. The minimum absolute atomic E-state index is 0.125. The van der Waals surface area contributed by atoms with Gasteiger partial charge in [0.15, 0.2) is 0 Å². The van der Waals surface area contributed by atoms with Gasteiger partial charge in [-0.05, 0) is 45.4 Å². The molecule has 0 spiro atoms. The van der Waals surface area contributed by atoms with Crippen LogP contribution in [0.5, 0.6) is 0 Å². The molecule has 236 valence electrons. The van der Waals surface area contributed by atoms with E-state index in [2.05, 4.69) is 5.32 Å². The van der Waals surface area contributed by atoms with Crippen molar-refractivity contribution < 1.29 is 43.3 Å². The molecule has 45 heavy (non-hydrogen) atoms. The first-order valence-corrected chi connectivity index (χ1v) is 14.5. The van der Waals surface area contributed by atoms with Crippen LogP contribution < -0.4 is 10.9 Å². The van der Waals surface area contributed by atoms with Crippen LogP contribution in [-0.4, -0.2) is 56.1 Å². The van der Waals surface area contributed by atoms with Gasteiger partial charge >= 0.3 is 23.9 Å². The van der Waals surface area contributed by atoms with Crippen LogP contribution in [-0.2, 0) is 56.9 Å². The summed E-state index contributed by atoms with van der Waals surface area (Å²) in [5.41, 5.74) is -0.662. The molecule has 0 radical (unpaired) electrons. The summed E-state index contributed by atoms with van der Waals surface area (Å²) in [4.78, 5) is 81.9. The third-order valence-corrected chi connectivity index (χ3v) is 7.64. The lowest BCUT2D eigenvalue weighted by molar-refractivity contribution is -0.191. The van der Waals surface area contributed by atoms with Gasteiger partial charge in [-0.1, -0.05) is 25.1 Å². The molecule has 2 aromatic heterocycles. The van der Waals surface area contributed by atoms with E-state index in [0.717, 1.165) is 10.9 Å². The lowest BCUT2D eigenvalue weighted by Crippen LogP contribution is -2.52. The Kier molecular flexibility index (Phi) is 8.21. The number of carbonyl (C=O) groups is 5. The molecule has 0 bridgehead atoms. The highest BCUT2D eigenvalue weighted by molar-refractivity contribution is 5.93. The zero-order valence-corrected chi connectivity index (χ0v) is 25.3. The Morgan fingerprint density at radius 3 is 2.56 bits per heavy atom. The number of benzene rings is 1. The quantitative estimate of drug-likeness (QED) is 0.208. The second-order valence-corrected chi connectivity index (χ2v) is 12.0. The minimum Gasteiger partial charge on any atom is -0.481 e. The number of fused-ring (bicyclic) bond motifs is 5. The predicted molar refractivity (Wildman–Crippen MR) is 158 cm³/mol. The minimum atomic E-state index is -2.09. The Bertz CT molecular complexity index is 1810. The zero-order valence-electron chi connectivity index (χ0n) is 25.3. The average molecular weight is 620 g/mol. The molecule has 2 N–H and O–H groups in total. The van der Waals surface area contributed by atoms with Crippen molar-refractivity contribution in [1.29, 1.82) is 0 Å². The van der Waals surface area contributed by atoms with E-state index in [9.17, 15) is 28.8 Å². The van der Waals surface area contributed by atoms with E-state index in [4.69, 9.17) is 24.3 Å². The largest absolute Gasteiger partial charge is 0.481 e. The van der Waals surface area contributed by atoms with Gasteiger partial charge in [-0.25, -0.2) is 14.6 Å². The molecule has 0 saturated carbocycles. The first-order chi connectivity index (χ1) is 21.2. The molecular formula is C32H33N3O10. The van der Waals surface area contributed by atoms with Gasteiger partial charge in [0.25, 0.3) is 5.56 Å². The molecule has 1 aromatic carbocycles. The van der Waals surface area contributed by atoms with E-state index in [1.807, 2.05) is 30.3 Å². The van der Waals surface area contributed by atoms with E-state index >= 15 is 0 Å². The van der Waals surface area contributed by atoms with Gasteiger partial charge in [-0.15, -0.1) is 0 Å². The molecule has 0 saturated heterocycles. The van der Waals surface area contributed by atoms with Crippen LogP contribution in [0.25, 0.3) is 22.3 Å². The molecule has 13 nitrogen and oxygen atoms in total. The molecule has 1 amide bonds. The Labute approximate surface area is 257 Å². The maximum absolute atomic E-state index is 13.8. The average Bonchev–Trinajstić information content (AvgIpc) is 3.32. The van der Waals surface area contributed by atoms with Crippen molar-refractivity contribution in [3.63, 3.8) is 0 Å². The van der Waals surface area contributed by atoms with Crippen molar-refractivity contribution in [2.45, 2.75) is 83.8 Å². The molecule has 2 atom stereocenters. The number of cyclic esters (lactones) is 1. The van der Waals surface area contributed by atoms with E-state index in [0.29, 0.717) is 16.9 Å². The number of carbonyl (C=O) groups excluding carboxylic acids is 4. The summed E-state index contributed by atoms with van der Waals surface area (Å²) in [7, 11) is 0. The summed E-state index contributed by atoms with van der Waals surface area (Å²) >= 11 is 0. The normalized spacial score (nSPS) is 17.4. The van der Waals surface area contributed by atoms with Crippen molar-refractivity contribution in [3.05, 3.63) is 63.4 Å². The summed E-state index contributed by atoms with van der Waals surface area (Å²) in [5, 5.41) is 12.2. The topological polar surface area (TPSA) is 180 Å². The zero-order chi connectivity index (χ0) is 32.7. The van der Waals surface area contributed by atoms with Crippen molar-refractivity contribution >= 4 is 40.7 Å². The number of hydrogen-bond donors (Lipinski definition) is 2. The Morgan fingerprint density at radius 2 is 1.87 bits per heavy atom. The third-order valence-electron chi connectivity index (χ3n) is 7.64. The number of carboxylic acid groups (broad SMARTS) is 1. The van der Waals surface area contributed by atoms with Crippen LogP contribution in [0.2, 0.25) is 0 Å². The predicted octanol–water partition coefficient (Wildman–Crippen LogP) is 2.71. The third kappa shape index (κ3) is 6.15. The standard InChI is InChI=1S/C32H33N3O10/c1-5-32(45-29(41)22(14-26(39)44-31(2,3)4)33-24(36)10-11-25(37)38)20-13-23-27-18(12-17-8-6-7-9-21(17)34-27)15-35(23)28(40)19(20)16-43-30(32)42/h6-9,12-13,22H,5,10-11,14-16H2,1-4H3,(H,33,36)(H,37,38)/t22?,32-/m0/s1. The van der Waals surface area contributed by atoms with Crippen LogP contribution in [0.15, 0.2) is 41.2 Å². The molecule has 0 aliphatic carbocycles. The second-order valence-electron chi connectivity index (χ2n) is 12.0. The summed E-state index contributed by atoms with van der Waals surface area (Å²) in [6.07, 6.45) is -1.79. The van der Waals surface area contributed by atoms with Crippen LogP contribution in [0, 0.1) is 0 Å².